The second-order valence-corrected chi connectivity index (χ2v) is 9.91. The van der Waals surface area contributed by atoms with Gasteiger partial charge in [0.1, 0.15) is 5.69 Å². The zero-order valence-corrected chi connectivity index (χ0v) is 21.6. The molecule has 0 bridgehead atoms. The van der Waals surface area contributed by atoms with E-state index in [1.54, 1.807) is 6.92 Å². The van der Waals surface area contributed by atoms with Crippen LogP contribution >= 0.6 is 11.6 Å². The predicted molar refractivity (Wildman–Crippen MR) is 134 cm³/mol. The third-order valence-corrected chi connectivity index (χ3v) is 7.11. The Labute approximate surface area is 232 Å². The quantitative estimate of drug-likeness (QED) is 0.277. The summed E-state index contributed by atoms with van der Waals surface area (Å²) in [5.74, 6) is -1.85. The highest BCUT2D eigenvalue weighted by Crippen LogP contribution is 2.50. The smallest absolute Gasteiger partial charge is 0.324 e. The minimum Gasteiger partial charge on any atom is -0.324 e. The maximum atomic E-state index is 13.9. The van der Waals surface area contributed by atoms with Crippen LogP contribution in [0, 0.1) is 0 Å². The number of nitrogens with zero attached hydrogens (tertiary/aromatic N) is 8. The number of carbonyl (C=O) groups is 1. The molecule has 2 atom stereocenters. The fourth-order valence-corrected chi connectivity index (χ4v) is 5.29. The second kappa shape index (κ2) is 9.54. The summed E-state index contributed by atoms with van der Waals surface area (Å²) in [5, 5.41) is 10.9. The Kier molecular flexibility index (Phi) is 6.21. The molecular weight excluding hydrogens is 573 g/mol. The molecule has 16 heteroatoms. The number of hydrogen-bond donors (Lipinski definition) is 1. The zero-order valence-electron chi connectivity index (χ0n) is 20.8. The van der Waals surface area contributed by atoms with Crippen LogP contribution in [-0.4, -0.2) is 45.2 Å². The highest BCUT2D eigenvalue weighted by molar-refractivity contribution is 6.29. The molecule has 0 spiro atoms. The van der Waals surface area contributed by atoms with E-state index < -0.39 is 41.2 Å². The maximum Gasteiger partial charge on any atom is 0.418 e. The fourth-order valence-electron chi connectivity index (χ4n) is 5.12. The third-order valence-electron chi connectivity index (χ3n) is 6.92. The number of aromatic nitrogens is 8. The predicted octanol–water partition coefficient (Wildman–Crippen LogP) is 5.28. The number of carbonyl (C=O) groups excluding carboxylic acids is 1. The molecule has 0 saturated heterocycles. The average Bonchev–Trinajstić information content (AvgIpc) is 3.64. The lowest BCUT2D eigenvalue weighted by Crippen LogP contribution is -2.26. The molecular formula is C25H17ClF5N9O. The molecule has 0 unspecified atom stereocenters. The Morgan fingerprint density at radius 1 is 1.12 bits per heavy atom. The van der Waals surface area contributed by atoms with Crippen LogP contribution in [-0.2, 0) is 16.4 Å². The van der Waals surface area contributed by atoms with Crippen molar-refractivity contribution in [3.8, 4) is 11.5 Å². The number of anilines is 1. The SMILES string of the molecule is C[C@]1(c2ccn(C(F)F)n2)C[C@@H](C(=O)Nc2cnc(-c3ncccn3)c(C(F)(F)F)c2)c2cnc3cc(Cl)nn3c21. The van der Waals surface area contributed by atoms with Crippen molar-refractivity contribution in [2.24, 2.45) is 0 Å². The first kappa shape index (κ1) is 26.7. The molecule has 0 saturated carbocycles. The van der Waals surface area contributed by atoms with Gasteiger partial charge in [-0.05, 0) is 31.5 Å². The summed E-state index contributed by atoms with van der Waals surface area (Å²) in [4.78, 5) is 29.5. The largest absolute Gasteiger partial charge is 0.418 e. The first-order valence-corrected chi connectivity index (χ1v) is 12.4. The Morgan fingerprint density at radius 3 is 2.56 bits per heavy atom. The lowest BCUT2D eigenvalue weighted by Gasteiger charge is -2.23. The van der Waals surface area contributed by atoms with Crippen molar-refractivity contribution in [1.29, 1.82) is 0 Å². The van der Waals surface area contributed by atoms with Crippen LogP contribution in [0.25, 0.3) is 17.2 Å². The zero-order chi connectivity index (χ0) is 29.1. The summed E-state index contributed by atoms with van der Waals surface area (Å²) >= 11 is 6.11. The minimum absolute atomic E-state index is 0.0299. The van der Waals surface area contributed by atoms with Crippen molar-refractivity contribution < 1.29 is 26.7 Å². The number of alkyl halides is 5. The number of hydrogen-bond acceptors (Lipinski definition) is 7. The van der Waals surface area contributed by atoms with E-state index in [2.05, 4.69) is 35.5 Å². The molecule has 0 aromatic carbocycles. The number of amides is 1. The van der Waals surface area contributed by atoms with E-state index in [-0.39, 0.29) is 28.8 Å². The molecule has 0 radical (unpaired) electrons. The number of fused-ring (bicyclic) bond motifs is 3. The highest BCUT2D eigenvalue weighted by Gasteiger charge is 2.48. The summed E-state index contributed by atoms with van der Waals surface area (Å²) in [6.07, 6.45) is 1.42. The van der Waals surface area contributed by atoms with Crippen LogP contribution in [0.15, 0.2) is 55.2 Å². The van der Waals surface area contributed by atoms with Crippen LogP contribution < -0.4 is 5.32 Å². The summed E-state index contributed by atoms with van der Waals surface area (Å²) in [6, 6.07) is 5.12. The molecule has 5 heterocycles. The summed E-state index contributed by atoms with van der Waals surface area (Å²) in [5.41, 5.74) is -1.53. The van der Waals surface area contributed by atoms with Crippen LogP contribution in [0.1, 0.15) is 48.3 Å². The van der Waals surface area contributed by atoms with E-state index in [1.807, 2.05) is 0 Å². The van der Waals surface area contributed by atoms with Gasteiger partial charge < -0.3 is 5.32 Å². The molecule has 41 heavy (non-hydrogen) atoms. The molecule has 210 valence electrons. The summed E-state index contributed by atoms with van der Waals surface area (Å²) in [6.45, 7) is -1.17. The molecule has 6 rings (SSSR count). The van der Waals surface area contributed by atoms with E-state index in [1.165, 1.54) is 41.3 Å². The van der Waals surface area contributed by atoms with Gasteiger partial charge in [-0.15, -0.1) is 0 Å². The lowest BCUT2D eigenvalue weighted by atomic mass is 9.82. The van der Waals surface area contributed by atoms with Gasteiger partial charge >= 0.3 is 12.7 Å². The van der Waals surface area contributed by atoms with Crippen LogP contribution in [0.5, 0.6) is 0 Å². The van der Waals surface area contributed by atoms with Crippen molar-refractivity contribution in [2.75, 3.05) is 5.32 Å². The Bertz CT molecular complexity index is 1790. The summed E-state index contributed by atoms with van der Waals surface area (Å²) < 4.78 is 70.4. The molecule has 1 aliphatic carbocycles. The van der Waals surface area contributed by atoms with Gasteiger partial charge in [-0.25, -0.2) is 24.1 Å². The van der Waals surface area contributed by atoms with Crippen molar-refractivity contribution in [2.45, 2.75) is 37.4 Å². The maximum absolute atomic E-state index is 13.9. The van der Waals surface area contributed by atoms with Crippen LogP contribution in [0.4, 0.5) is 27.6 Å². The van der Waals surface area contributed by atoms with E-state index in [0.29, 0.717) is 21.6 Å². The molecule has 0 fully saturated rings. The van der Waals surface area contributed by atoms with Gasteiger partial charge in [0.2, 0.25) is 5.91 Å². The third kappa shape index (κ3) is 4.55. The lowest BCUT2D eigenvalue weighted by molar-refractivity contribution is -0.137. The van der Waals surface area contributed by atoms with Gasteiger partial charge in [0.25, 0.3) is 0 Å². The number of rotatable bonds is 5. The molecule has 5 aromatic heterocycles. The van der Waals surface area contributed by atoms with Gasteiger partial charge in [0, 0.05) is 36.4 Å². The average molecular weight is 590 g/mol. The Balaban J connectivity index is 1.40. The van der Waals surface area contributed by atoms with Crippen molar-refractivity contribution in [3.05, 3.63) is 82.9 Å². The molecule has 5 aromatic rings. The first-order chi connectivity index (χ1) is 19.5. The van der Waals surface area contributed by atoms with E-state index in [9.17, 15) is 26.7 Å². The highest BCUT2D eigenvalue weighted by atomic mass is 35.5. The first-order valence-electron chi connectivity index (χ1n) is 12.0. The van der Waals surface area contributed by atoms with Gasteiger partial charge in [-0.2, -0.15) is 32.1 Å². The summed E-state index contributed by atoms with van der Waals surface area (Å²) in [7, 11) is 0. The number of nitrogens with one attached hydrogen (secondary N) is 1. The number of pyridine rings is 1. The molecule has 1 N–H and O–H groups in total. The topological polar surface area (TPSA) is 116 Å². The van der Waals surface area contributed by atoms with Gasteiger partial charge in [0.15, 0.2) is 16.6 Å². The van der Waals surface area contributed by atoms with Gasteiger partial charge in [-0.1, -0.05) is 11.6 Å². The monoisotopic (exact) mass is 589 g/mol. The van der Waals surface area contributed by atoms with E-state index >= 15 is 0 Å². The molecule has 1 amide bonds. The van der Waals surface area contributed by atoms with Crippen molar-refractivity contribution in [3.63, 3.8) is 0 Å². The van der Waals surface area contributed by atoms with Crippen LogP contribution in [0.2, 0.25) is 5.15 Å². The molecule has 10 nitrogen and oxygen atoms in total. The van der Waals surface area contributed by atoms with Crippen molar-refractivity contribution in [1.82, 2.24) is 39.3 Å². The normalized spacial score (nSPS) is 18.7. The second-order valence-electron chi connectivity index (χ2n) is 9.53. The number of halogens is 6. The van der Waals surface area contributed by atoms with E-state index in [0.717, 1.165) is 18.5 Å². The Hall–Kier alpha value is -4.53. The molecule has 0 aliphatic heterocycles. The fraction of sp³-hybridized carbons (Fsp3) is 0.240. The minimum atomic E-state index is -4.82. The standard InChI is InChI=1S/C25H17ClF5N9O/c1-24(16-3-6-39(37-16)23(27)28)9-13(14-11-34-18-8-17(26)38-40(18)20(14)24)22(41)36-12-7-15(25(29,30)31)19(35-10-12)21-32-4-2-5-33-21/h2-8,10-11,13,23H,9H2,1H3,(H,36,41)/t13-,24-/m1/s1. The van der Waals surface area contributed by atoms with Crippen LogP contribution in [0.3, 0.4) is 0 Å². The Morgan fingerprint density at radius 2 is 1.88 bits per heavy atom. The van der Waals surface area contributed by atoms with E-state index in [4.69, 9.17) is 11.6 Å². The molecule has 1 aliphatic rings. The van der Waals surface area contributed by atoms with Crippen molar-refractivity contribution >= 4 is 28.8 Å². The van der Waals surface area contributed by atoms with Gasteiger partial charge in [0.05, 0.1) is 40.2 Å². The van der Waals surface area contributed by atoms with Gasteiger partial charge in [-0.3, -0.25) is 9.78 Å².